The maximum absolute atomic E-state index is 11.6. The van der Waals surface area contributed by atoms with Crippen molar-refractivity contribution in [3.8, 4) is 0 Å². The molecule has 1 N–H and O–H groups in total. The van der Waals surface area contributed by atoms with Crippen LogP contribution in [0.1, 0.15) is 33.1 Å². The summed E-state index contributed by atoms with van der Waals surface area (Å²) in [5, 5.41) is 3.52. The van der Waals surface area contributed by atoms with E-state index in [1.54, 1.807) is 0 Å². The molecule has 0 aromatic heterocycles. The highest BCUT2D eigenvalue weighted by Gasteiger charge is 2.41. The normalized spacial score (nSPS) is 29.7. The van der Waals surface area contributed by atoms with Crippen molar-refractivity contribution in [3.63, 3.8) is 0 Å². The Labute approximate surface area is 105 Å². The van der Waals surface area contributed by atoms with E-state index in [-0.39, 0.29) is 0 Å². The van der Waals surface area contributed by atoms with Gasteiger partial charge in [-0.25, -0.2) is 8.42 Å². The van der Waals surface area contributed by atoms with Crippen LogP contribution in [0.25, 0.3) is 0 Å². The SMILES string of the molecule is CC(C)CNCC(C1CC1)C1CCS(=O)(=O)C1. The molecule has 1 saturated heterocycles. The molecule has 2 rings (SSSR count). The minimum absolute atomic E-state index is 0.422. The molecule has 2 fully saturated rings. The molecule has 0 radical (unpaired) electrons. The number of sulfone groups is 1. The smallest absolute Gasteiger partial charge is 0.150 e. The Morgan fingerprint density at radius 3 is 2.29 bits per heavy atom. The predicted octanol–water partition coefficient (Wildman–Crippen LogP) is 1.69. The highest BCUT2D eigenvalue weighted by atomic mass is 32.2. The first-order valence-electron chi connectivity index (χ1n) is 6.89. The van der Waals surface area contributed by atoms with E-state index in [4.69, 9.17) is 0 Å². The van der Waals surface area contributed by atoms with Gasteiger partial charge < -0.3 is 5.32 Å². The highest BCUT2D eigenvalue weighted by Crippen LogP contribution is 2.43. The van der Waals surface area contributed by atoms with E-state index in [1.807, 2.05) is 0 Å². The number of hydrogen-bond acceptors (Lipinski definition) is 3. The van der Waals surface area contributed by atoms with Gasteiger partial charge in [0.2, 0.25) is 0 Å². The van der Waals surface area contributed by atoms with Crippen LogP contribution >= 0.6 is 0 Å². The van der Waals surface area contributed by atoms with Crippen molar-refractivity contribution in [3.05, 3.63) is 0 Å². The monoisotopic (exact) mass is 259 g/mol. The third-order valence-corrected chi connectivity index (χ3v) is 5.83. The molecule has 0 bridgehead atoms. The molecule has 2 atom stereocenters. The summed E-state index contributed by atoms with van der Waals surface area (Å²) >= 11 is 0. The second-order valence-electron chi connectivity index (χ2n) is 6.22. The summed E-state index contributed by atoms with van der Waals surface area (Å²) < 4.78 is 23.1. The fourth-order valence-electron chi connectivity index (χ4n) is 2.94. The Bertz CT molecular complexity index is 346. The third-order valence-electron chi connectivity index (χ3n) is 4.03. The van der Waals surface area contributed by atoms with Crippen LogP contribution in [-0.4, -0.2) is 33.0 Å². The van der Waals surface area contributed by atoms with Gasteiger partial charge in [0, 0.05) is 0 Å². The van der Waals surface area contributed by atoms with Crippen molar-refractivity contribution in [1.29, 1.82) is 0 Å². The lowest BCUT2D eigenvalue weighted by Gasteiger charge is -2.23. The Balaban J connectivity index is 1.85. The zero-order valence-electron chi connectivity index (χ0n) is 11.0. The largest absolute Gasteiger partial charge is 0.316 e. The quantitative estimate of drug-likeness (QED) is 0.789. The first kappa shape index (κ1) is 13.3. The van der Waals surface area contributed by atoms with Gasteiger partial charge in [-0.3, -0.25) is 0 Å². The molecule has 1 heterocycles. The zero-order chi connectivity index (χ0) is 12.5. The molecule has 1 aliphatic heterocycles. The van der Waals surface area contributed by atoms with E-state index in [0.717, 1.165) is 25.4 Å². The van der Waals surface area contributed by atoms with Crippen molar-refractivity contribution in [2.45, 2.75) is 33.1 Å². The van der Waals surface area contributed by atoms with Crippen LogP contribution in [0.3, 0.4) is 0 Å². The van der Waals surface area contributed by atoms with E-state index < -0.39 is 9.84 Å². The molecular weight excluding hydrogens is 234 g/mol. The lowest BCUT2D eigenvalue weighted by atomic mass is 9.87. The fraction of sp³-hybridized carbons (Fsp3) is 1.00. The molecule has 0 aromatic rings. The lowest BCUT2D eigenvalue weighted by Crippen LogP contribution is -2.32. The van der Waals surface area contributed by atoms with Gasteiger partial charge in [0.15, 0.2) is 9.84 Å². The molecule has 0 amide bonds. The van der Waals surface area contributed by atoms with Crippen LogP contribution < -0.4 is 5.32 Å². The number of nitrogens with one attached hydrogen (secondary N) is 1. The Hall–Kier alpha value is -0.0900. The first-order chi connectivity index (χ1) is 7.98. The Kier molecular flexibility index (Phi) is 4.14. The van der Waals surface area contributed by atoms with Crippen LogP contribution in [0, 0.1) is 23.7 Å². The van der Waals surface area contributed by atoms with Gasteiger partial charge in [0.25, 0.3) is 0 Å². The van der Waals surface area contributed by atoms with Crippen molar-refractivity contribution in [1.82, 2.24) is 5.32 Å². The van der Waals surface area contributed by atoms with Crippen molar-refractivity contribution < 1.29 is 8.42 Å². The highest BCUT2D eigenvalue weighted by molar-refractivity contribution is 7.91. The van der Waals surface area contributed by atoms with Gasteiger partial charge in [-0.15, -0.1) is 0 Å². The van der Waals surface area contributed by atoms with Crippen molar-refractivity contribution in [2.75, 3.05) is 24.6 Å². The molecule has 2 unspecified atom stereocenters. The molecule has 1 aliphatic carbocycles. The van der Waals surface area contributed by atoms with Crippen LogP contribution in [0.15, 0.2) is 0 Å². The second-order valence-corrected chi connectivity index (χ2v) is 8.45. The third kappa shape index (κ3) is 3.95. The van der Waals surface area contributed by atoms with Crippen LogP contribution in [-0.2, 0) is 9.84 Å². The van der Waals surface area contributed by atoms with Gasteiger partial charge >= 0.3 is 0 Å². The van der Waals surface area contributed by atoms with Crippen LogP contribution in [0.5, 0.6) is 0 Å². The van der Waals surface area contributed by atoms with Gasteiger partial charge in [0.05, 0.1) is 11.5 Å². The zero-order valence-corrected chi connectivity index (χ0v) is 11.8. The molecule has 17 heavy (non-hydrogen) atoms. The van der Waals surface area contributed by atoms with Crippen LogP contribution in [0.4, 0.5) is 0 Å². The minimum atomic E-state index is -2.72. The average molecular weight is 259 g/mol. The molecule has 0 aromatic carbocycles. The summed E-state index contributed by atoms with van der Waals surface area (Å²) in [6, 6.07) is 0. The van der Waals surface area contributed by atoms with Gasteiger partial charge in [0.1, 0.15) is 0 Å². The van der Waals surface area contributed by atoms with E-state index in [0.29, 0.717) is 29.3 Å². The predicted molar refractivity (Wildman–Crippen MR) is 70.7 cm³/mol. The number of rotatable bonds is 6. The van der Waals surface area contributed by atoms with Crippen molar-refractivity contribution >= 4 is 9.84 Å². The maximum Gasteiger partial charge on any atom is 0.150 e. The second kappa shape index (κ2) is 5.27. The lowest BCUT2D eigenvalue weighted by molar-refractivity contribution is 0.303. The molecular formula is C13H25NO2S. The van der Waals surface area contributed by atoms with Crippen molar-refractivity contribution in [2.24, 2.45) is 23.7 Å². The molecule has 1 saturated carbocycles. The van der Waals surface area contributed by atoms with E-state index in [9.17, 15) is 8.42 Å². The summed E-state index contributed by atoms with van der Waals surface area (Å²) in [6.07, 6.45) is 3.52. The molecule has 4 heteroatoms. The molecule has 0 spiro atoms. The van der Waals surface area contributed by atoms with E-state index >= 15 is 0 Å². The number of hydrogen-bond donors (Lipinski definition) is 1. The summed E-state index contributed by atoms with van der Waals surface area (Å²) in [5.41, 5.74) is 0. The van der Waals surface area contributed by atoms with E-state index in [2.05, 4.69) is 19.2 Å². The van der Waals surface area contributed by atoms with E-state index in [1.165, 1.54) is 12.8 Å². The van der Waals surface area contributed by atoms with Gasteiger partial charge in [-0.2, -0.15) is 0 Å². The van der Waals surface area contributed by atoms with Crippen LogP contribution in [0.2, 0.25) is 0 Å². The summed E-state index contributed by atoms with van der Waals surface area (Å²) in [6.45, 7) is 6.48. The molecule has 3 nitrogen and oxygen atoms in total. The van der Waals surface area contributed by atoms with Gasteiger partial charge in [-0.1, -0.05) is 13.8 Å². The minimum Gasteiger partial charge on any atom is -0.316 e. The fourth-order valence-corrected chi connectivity index (χ4v) is 4.84. The Morgan fingerprint density at radius 2 is 1.82 bits per heavy atom. The first-order valence-corrected chi connectivity index (χ1v) is 8.71. The average Bonchev–Trinajstić information content (AvgIpc) is 2.98. The molecule has 100 valence electrons. The maximum atomic E-state index is 11.6. The summed E-state index contributed by atoms with van der Waals surface area (Å²) in [7, 11) is -2.72. The standard InChI is InChI=1S/C13H25NO2S/c1-10(2)7-14-8-13(11-3-4-11)12-5-6-17(15,16)9-12/h10-14H,3-9H2,1-2H3. The summed E-state index contributed by atoms with van der Waals surface area (Å²) in [5.74, 6) is 3.36. The van der Waals surface area contributed by atoms with Gasteiger partial charge in [-0.05, 0) is 56.0 Å². The summed E-state index contributed by atoms with van der Waals surface area (Å²) in [4.78, 5) is 0. The Morgan fingerprint density at radius 1 is 1.12 bits per heavy atom. The topological polar surface area (TPSA) is 46.2 Å². The molecule has 2 aliphatic rings.